The largest absolute Gasteiger partial charge is 0.497 e. The van der Waals surface area contributed by atoms with Gasteiger partial charge in [-0.05, 0) is 65.6 Å². The van der Waals surface area contributed by atoms with Crippen molar-refractivity contribution in [2.45, 2.75) is 64.7 Å². The lowest BCUT2D eigenvalue weighted by molar-refractivity contribution is 0.0842. The third-order valence-electron chi connectivity index (χ3n) is 6.97. The van der Waals surface area contributed by atoms with E-state index in [0.29, 0.717) is 19.1 Å². The topological polar surface area (TPSA) is 102 Å². The van der Waals surface area contributed by atoms with Crippen molar-refractivity contribution in [3.05, 3.63) is 70.2 Å². The number of methoxy groups -OCH3 is 1. The Kier molecular flexibility index (Phi) is 6.68. The van der Waals surface area contributed by atoms with Gasteiger partial charge < -0.3 is 14.1 Å². The van der Waals surface area contributed by atoms with Crippen LogP contribution in [0.1, 0.15) is 62.7 Å². The number of H-pyrrole nitrogens is 1. The molecular weight excluding hydrogens is 444 g/mol. The summed E-state index contributed by atoms with van der Waals surface area (Å²) in [4.78, 5) is 18.6. The van der Waals surface area contributed by atoms with Crippen LogP contribution in [0, 0.1) is 5.92 Å². The van der Waals surface area contributed by atoms with Crippen LogP contribution in [0.3, 0.4) is 0 Å². The Hall–Kier alpha value is -3.46. The van der Waals surface area contributed by atoms with Gasteiger partial charge in [0.2, 0.25) is 0 Å². The van der Waals surface area contributed by atoms with Crippen LogP contribution in [0.4, 0.5) is 0 Å². The highest BCUT2D eigenvalue weighted by molar-refractivity contribution is 5.80. The first kappa shape index (κ1) is 23.3. The number of ether oxygens (including phenoxy) is 1. The van der Waals surface area contributed by atoms with Crippen molar-refractivity contribution in [3.63, 3.8) is 0 Å². The molecule has 4 aromatic rings. The highest BCUT2D eigenvalue weighted by atomic mass is 16.5. The highest BCUT2D eigenvalue weighted by Crippen LogP contribution is 2.36. The predicted octanol–water partition coefficient (Wildman–Crippen LogP) is 4.31. The van der Waals surface area contributed by atoms with Crippen LogP contribution < -0.4 is 10.3 Å². The van der Waals surface area contributed by atoms with E-state index >= 15 is 0 Å². The number of pyridine rings is 1. The summed E-state index contributed by atoms with van der Waals surface area (Å²) in [5, 5.41) is 13.7. The van der Waals surface area contributed by atoms with E-state index in [1.165, 1.54) is 12.8 Å². The summed E-state index contributed by atoms with van der Waals surface area (Å²) in [6.07, 6.45) is 6.23. The number of aromatic nitrogens is 5. The van der Waals surface area contributed by atoms with E-state index in [-0.39, 0.29) is 17.5 Å². The minimum Gasteiger partial charge on any atom is -0.497 e. The zero-order valence-electron chi connectivity index (χ0n) is 20.5. The second-order valence-electron chi connectivity index (χ2n) is 9.65. The third kappa shape index (κ3) is 4.86. The van der Waals surface area contributed by atoms with Crippen LogP contribution in [0.5, 0.6) is 5.75 Å². The quantitative estimate of drug-likeness (QED) is 0.384. The summed E-state index contributed by atoms with van der Waals surface area (Å²) in [5.41, 5.74) is 1.46. The molecule has 184 valence electrons. The van der Waals surface area contributed by atoms with E-state index in [4.69, 9.17) is 9.15 Å². The van der Waals surface area contributed by atoms with Gasteiger partial charge in [-0.15, -0.1) is 5.10 Å². The summed E-state index contributed by atoms with van der Waals surface area (Å²) >= 11 is 0. The molecule has 5 rings (SSSR count). The molecule has 0 bridgehead atoms. The van der Waals surface area contributed by atoms with Gasteiger partial charge in [0.25, 0.3) is 5.56 Å². The Morgan fingerprint density at radius 1 is 1.23 bits per heavy atom. The van der Waals surface area contributed by atoms with Crippen LogP contribution in [-0.2, 0) is 13.1 Å². The first-order valence-corrected chi connectivity index (χ1v) is 12.3. The zero-order valence-corrected chi connectivity index (χ0v) is 20.5. The van der Waals surface area contributed by atoms with Crippen LogP contribution in [0.2, 0.25) is 0 Å². The number of hydrogen-bond donors (Lipinski definition) is 1. The van der Waals surface area contributed by atoms with Crippen molar-refractivity contribution in [1.82, 2.24) is 30.1 Å². The number of hydrogen-bond acceptors (Lipinski definition) is 7. The maximum Gasteiger partial charge on any atom is 0.252 e. The maximum atomic E-state index is 13.1. The fourth-order valence-corrected chi connectivity index (χ4v) is 5.28. The highest BCUT2D eigenvalue weighted by Gasteiger charge is 2.35. The molecule has 9 heteroatoms. The Balaban J connectivity index is 1.53. The molecule has 3 aromatic heterocycles. The number of rotatable bonds is 9. The number of aromatic amines is 1. The number of furan rings is 1. The second kappa shape index (κ2) is 10.0. The van der Waals surface area contributed by atoms with Gasteiger partial charge in [0.05, 0.1) is 19.4 Å². The van der Waals surface area contributed by atoms with Crippen LogP contribution in [-0.4, -0.2) is 43.2 Å². The van der Waals surface area contributed by atoms with Gasteiger partial charge in [-0.2, -0.15) is 0 Å². The lowest BCUT2D eigenvalue weighted by Gasteiger charge is -2.37. The van der Waals surface area contributed by atoms with Gasteiger partial charge in [-0.25, -0.2) is 4.68 Å². The molecule has 1 atom stereocenters. The van der Waals surface area contributed by atoms with Crippen molar-refractivity contribution < 1.29 is 9.15 Å². The fourth-order valence-electron chi connectivity index (χ4n) is 5.28. The number of benzene rings is 1. The van der Waals surface area contributed by atoms with Crippen LogP contribution >= 0.6 is 0 Å². The molecule has 0 aliphatic heterocycles. The van der Waals surface area contributed by atoms with Crippen molar-refractivity contribution in [2.75, 3.05) is 7.11 Å². The Labute approximate surface area is 204 Å². The van der Waals surface area contributed by atoms with E-state index in [1.54, 1.807) is 13.4 Å². The van der Waals surface area contributed by atoms with Crippen molar-refractivity contribution in [3.8, 4) is 5.75 Å². The van der Waals surface area contributed by atoms with E-state index in [1.807, 2.05) is 41.1 Å². The first-order chi connectivity index (χ1) is 17.0. The fraction of sp³-hybridized carbons (Fsp3) is 0.462. The summed E-state index contributed by atoms with van der Waals surface area (Å²) in [7, 11) is 1.65. The average Bonchev–Trinajstić information content (AvgIpc) is 3.63. The van der Waals surface area contributed by atoms with Gasteiger partial charge in [0.1, 0.15) is 18.1 Å². The minimum atomic E-state index is -0.0663. The molecule has 0 spiro atoms. The average molecular weight is 477 g/mol. The number of fused-ring (bicyclic) bond motifs is 1. The lowest BCUT2D eigenvalue weighted by atomic mass is 9.97. The van der Waals surface area contributed by atoms with Gasteiger partial charge in [-0.1, -0.05) is 26.7 Å². The Bertz CT molecular complexity index is 1320. The number of nitrogens with one attached hydrogen (secondary N) is 1. The zero-order chi connectivity index (χ0) is 24.4. The monoisotopic (exact) mass is 476 g/mol. The molecule has 3 heterocycles. The molecule has 0 amide bonds. The molecule has 1 aliphatic rings. The van der Waals surface area contributed by atoms with Crippen molar-refractivity contribution in [2.24, 2.45) is 5.92 Å². The van der Waals surface area contributed by atoms with Crippen molar-refractivity contribution >= 4 is 10.9 Å². The van der Waals surface area contributed by atoms with E-state index in [0.717, 1.165) is 46.6 Å². The number of nitrogens with zero attached hydrogens (tertiary/aromatic N) is 5. The summed E-state index contributed by atoms with van der Waals surface area (Å²) in [6.45, 7) is 5.36. The minimum absolute atomic E-state index is 0.0523. The Morgan fingerprint density at radius 2 is 2.06 bits per heavy atom. The predicted molar refractivity (Wildman–Crippen MR) is 132 cm³/mol. The van der Waals surface area contributed by atoms with E-state index in [9.17, 15) is 4.79 Å². The summed E-state index contributed by atoms with van der Waals surface area (Å²) in [6, 6.07) is 11.8. The summed E-state index contributed by atoms with van der Waals surface area (Å²) in [5.74, 6) is 2.59. The van der Waals surface area contributed by atoms with E-state index < -0.39 is 0 Å². The lowest BCUT2D eigenvalue weighted by Crippen LogP contribution is -2.41. The normalized spacial score (nSPS) is 15.5. The Morgan fingerprint density at radius 3 is 2.77 bits per heavy atom. The molecule has 1 unspecified atom stereocenters. The molecule has 1 N–H and O–H groups in total. The molecule has 1 saturated carbocycles. The van der Waals surface area contributed by atoms with Gasteiger partial charge in [0.15, 0.2) is 5.82 Å². The first-order valence-electron chi connectivity index (χ1n) is 12.3. The molecule has 0 saturated heterocycles. The maximum absolute atomic E-state index is 13.1. The molecule has 0 radical (unpaired) electrons. The standard InChI is InChI=1S/C26H32N6O3/c1-17(2)24(25-28-29-30-32(25)16-22-9-6-12-35-22)31(20-7-4-5-8-20)15-19-13-18-14-21(34-3)10-11-23(18)27-26(19)33/h6,9-14,17,20,24H,4-5,7-8,15-16H2,1-3H3,(H,27,33). The smallest absolute Gasteiger partial charge is 0.252 e. The molecule has 1 aromatic carbocycles. The van der Waals surface area contributed by atoms with E-state index in [2.05, 4.69) is 39.3 Å². The van der Waals surface area contributed by atoms with Gasteiger partial charge >= 0.3 is 0 Å². The third-order valence-corrected chi connectivity index (χ3v) is 6.97. The number of tetrazole rings is 1. The van der Waals surface area contributed by atoms with Crippen LogP contribution in [0.15, 0.2) is 51.9 Å². The van der Waals surface area contributed by atoms with Gasteiger partial charge in [-0.3, -0.25) is 9.69 Å². The van der Waals surface area contributed by atoms with Crippen LogP contribution in [0.25, 0.3) is 10.9 Å². The van der Waals surface area contributed by atoms with Gasteiger partial charge in [0, 0.05) is 29.1 Å². The molecular formula is C26H32N6O3. The molecule has 9 nitrogen and oxygen atoms in total. The van der Waals surface area contributed by atoms with Crippen molar-refractivity contribution in [1.29, 1.82) is 0 Å². The SMILES string of the molecule is COc1ccc2[nH]c(=O)c(CN(C3CCCC3)C(c3nnnn3Cc3ccco3)C(C)C)cc2c1. The molecule has 1 aliphatic carbocycles. The second-order valence-corrected chi connectivity index (χ2v) is 9.65. The summed E-state index contributed by atoms with van der Waals surface area (Å²) < 4.78 is 12.8. The molecule has 1 fully saturated rings. The molecule has 35 heavy (non-hydrogen) atoms.